The third kappa shape index (κ3) is 3.28. The van der Waals surface area contributed by atoms with E-state index in [0.29, 0.717) is 29.6 Å². The zero-order valence-electron chi connectivity index (χ0n) is 13.6. The minimum atomic E-state index is -0.764. The molecule has 0 amide bonds. The molecule has 0 bridgehead atoms. The average Bonchev–Trinajstić information content (AvgIpc) is 3.24. The van der Waals surface area contributed by atoms with Crippen LogP contribution in [0.5, 0.6) is 0 Å². The van der Waals surface area contributed by atoms with Gasteiger partial charge in [0.1, 0.15) is 0 Å². The molecule has 1 aliphatic rings. The van der Waals surface area contributed by atoms with Crippen LogP contribution in [0.25, 0.3) is 0 Å². The molecule has 0 radical (unpaired) electrons. The monoisotopic (exact) mass is 353 g/mol. The number of hydrogen-bond donors (Lipinski definition) is 0. The lowest BCUT2D eigenvalue weighted by Gasteiger charge is -2.16. The summed E-state index contributed by atoms with van der Waals surface area (Å²) in [5.74, 6) is 0.987. The summed E-state index contributed by atoms with van der Waals surface area (Å²) in [5, 5.41) is 13.2. The molecule has 1 atom stereocenters. The molecule has 0 saturated carbocycles. The first kappa shape index (κ1) is 15.8. The van der Waals surface area contributed by atoms with Crippen molar-refractivity contribution in [1.82, 2.24) is 10.2 Å². The molecule has 0 N–H and O–H groups in total. The molecular weight excluding hydrogens is 338 g/mol. The lowest BCUT2D eigenvalue weighted by atomic mass is 9.96. The molecule has 2 heterocycles. The third-order valence-electron chi connectivity index (χ3n) is 4.14. The smallest absolute Gasteiger partial charge is 0.263 e. The minimum absolute atomic E-state index is 0.430. The average molecular weight is 354 g/mol. The number of benzene rings is 2. The molecule has 1 unspecified atom stereocenters. The van der Waals surface area contributed by atoms with E-state index in [2.05, 4.69) is 15.4 Å². The zero-order valence-corrected chi connectivity index (χ0v) is 14.4. The molecular formula is C19H16ClN3O2. The van der Waals surface area contributed by atoms with Crippen molar-refractivity contribution < 1.29 is 9.25 Å². The van der Waals surface area contributed by atoms with Crippen molar-refractivity contribution in [2.75, 3.05) is 0 Å². The molecule has 1 aliphatic heterocycles. The van der Waals surface area contributed by atoms with Crippen molar-refractivity contribution in [1.29, 1.82) is 0 Å². The maximum atomic E-state index is 6.06. The topological polar surface area (TPSA) is 60.5 Å². The molecule has 4 rings (SSSR count). The first-order valence-corrected chi connectivity index (χ1v) is 8.38. The van der Waals surface area contributed by atoms with Crippen molar-refractivity contribution in [3.63, 3.8) is 0 Å². The molecule has 2 aromatic carbocycles. The summed E-state index contributed by atoms with van der Waals surface area (Å²) < 4.78 is 5.84. The van der Waals surface area contributed by atoms with Crippen LogP contribution < -0.4 is 0 Å². The van der Waals surface area contributed by atoms with Crippen LogP contribution in [0, 0.1) is 0 Å². The molecule has 126 valence electrons. The van der Waals surface area contributed by atoms with E-state index in [9.17, 15) is 0 Å². The summed E-state index contributed by atoms with van der Waals surface area (Å²) in [6.07, 6.45) is 1.13. The Morgan fingerprint density at radius 3 is 2.72 bits per heavy atom. The first-order valence-electron chi connectivity index (χ1n) is 8.00. The molecule has 0 saturated heterocycles. The van der Waals surface area contributed by atoms with Crippen molar-refractivity contribution in [3.8, 4) is 0 Å². The third-order valence-corrected chi connectivity index (χ3v) is 4.37. The van der Waals surface area contributed by atoms with Crippen molar-refractivity contribution in [2.45, 2.75) is 25.4 Å². The molecule has 5 nitrogen and oxygen atoms in total. The highest BCUT2D eigenvalue weighted by atomic mass is 35.5. The fourth-order valence-electron chi connectivity index (χ4n) is 2.79. The van der Waals surface area contributed by atoms with Gasteiger partial charge in [0.05, 0.1) is 12.1 Å². The second-order valence-corrected chi connectivity index (χ2v) is 6.65. The second kappa shape index (κ2) is 6.33. The van der Waals surface area contributed by atoms with Gasteiger partial charge in [-0.3, -0.25) is 0 Å². The van der Waals surface area contributed by atoms with Gasteiger partial charge in [0.15, 0.2) is 0 Å². The standard InChI is InChI=1S/C19H16ClN3O2/c1-19(12-16(23-25-19)14-8-5-9-15(20)11-14)18-22-21-17(24-18)10-13-6-3-2-4-7-13/h2-9,11H,10,12H2,1H3. The molecule has 0 aliphatic carbocycles. The van der Waals surface area contributed by atoms with E-state index < -0.39 is 5.60 Å². The van der Waals surface area contributed by atoms with Crippen LogP contribution in [0.3, 0.4) is 0 Å². The molecule has 1 aromatic heterocycles. The predicted octanol–water partition coefficient (Wildman–Crippen LogP) is 4.35. The van der Waals surface area contributed by atoms with E-state index in [1.807, 2.05) is 61.5 Å². The number of oxime groups is 1. The SMILES string of the molecule is CC1(c2nnc(Cc3ccccc3)o2)CC(c2cccc(Cl)c2)=NO1. The summed E-state index contributed by atoms with van der Waals surface area (Å²) in [6.45, 7) is 1.90. The number of rotatable bonds is 4. The molecule has 0 spiro atoms. The maximum Gasteiger partial charge on any atom is 0.263 e. The van der Waals surface area contributed by atoms with Gasteiger partial charge in [0, 0.05) is 17.0 Å². The highest BCUT2D eigenvalue weighted by molar-refractivity contribution is 6.31. The molecule has 25 heavy (non-hydrogen) atoms. The number of nitrogens with zero attached hydrogens (tertiary/aromatic N) is 3. The van der Waals surface area contributed by atoms with Crippen LogP contribution in [0.4, 0.5) is 0 Å². The fraction of sp³-hybridized carbons (Fsp3) is 0.211. The Balaban J connectivity index is 1.51. The maximum absolute atomic E-state index is 6.06. The van der Waals surface area contributed by atoms with Crippen molar-refractivity contribution in [3.05, 3.63) is 82.5 Å². The number of hydrogen-bond acceptors (Lipinski definition) is 5. The minimum Gasteiger partial charge on any atom is -0.421 e. The Labute approximate surface area is 150 Å². The van der Waals surface area contributed by atoms with E-state index in [1.165, 1.54) is 0 Å². The Morgan fingerprint density at radius 2 is 1.92 bits per heavy atom. The predicted molar refractivity (Wildman–Crippen MR) is 94.6 cm³/mol. The van der Waals surface area contributed by atoms with E-state index in [1.54, 1.807) is 0 Å². The Hall–Kier alpha value is -2.66. The fourth-order valence-corrected chi connectivity index (χ4v) is 2.98. The van der Waals surface area contributed by atoms with Crippen molar-refractivity contribution in [2.24, 2.45) is 5.16 Å². The van der Waals surface area contributed by atoms with E-state index in [0.717, 1.165) is 16.8 Å². The summed E-state index contributed by atoms with van der Waals surface area (Å²) in [4.78, 5) is 5.65. The largest absolute Gasteiger partial charge is 0.421 e. The van der Waals surface area contributed by atoms with Crippen LogP contribution in [-0.4, -0.2) is 15.9 Å². The summed E-state index contributed by atoms with van der Waals surface area (Å²) >= 11 is 6.06. The van der Waals surface area contributed by atoms with Crippen LogP contribution >= 0.6 is 11.6 Å². The van der Waals surface area contributed by atoms with Gasteiger partial charge in [-0.15, -0.1) is 10.2 Å². The van der Waals surface area contributed by atoms with Gasteiger partial charge in [0.2, 0.25) is 11.5 Å². The van der Waals surface area contributed by atoms with Gasteiger partial charge in [-0.25, -0.2) is 0 Å². The first-order chi connectivity index (χ1) is 12.1. The summed E-state index contributed by atoms with van der Waals surface area (Å²) in [7, 11) is 0. The second-order valence-electron chi connectivity index (χ2n) is 6.21. The number of aromatic nitrogens is 2. The summed E-state index contributed by atoms with van der Waals surface area (Å²) in [5.41, 5.74) is 2.10. The molecule has 3 aromatic rings. The normalized spacial score (nSPS) is 19.5. The zero-order chi connectivity index (χ0) is 17.3. The van der Waals surface area contributed by atoms with Gasteiger partial charge < -0.3 is 9.25 Å². The van der Waals surface area contributed by atoms with Crippen LogP contribution in [0.15, 0.2) is 64.2 Å². The van der Waals surface area contributed by atoms with Crippen LogP contribution in [0.1, 0.15) is 36.3 Å². The van der Waals surface area contributed by atoms with Crippen molar-refractivity contribution >= 4 is 17.3 Å². The van der Waals surface area contributed by atoms with Gasteiger partial charge in [0.25, 0.3) is 5.89 Å². The van der Waals surface area contributed by atoms with Gasteiger partial charge in [-0.2, -0.15) is 0 Å². The van der Waals surface area contributed by atoms with Gasteiger partial charge in [-0.1, -0.05) is 59.2 Å². The lowest BCUT2D eigenvalue weighted by Crippen LogP contribution is -2.22. The van der Waals surface area contributed by atoms with Gasteiger partial charge >= 0.3 is 0 Å². The Kier molecular flexibility index (Phi) is 4.01. The van der Waals surface area contributed by atoms with E-state index in [-0.39, 0.29) is 0 Å². The highest BCUT2D eigenvalue weighted by Gasteiger charge is 2.41. The van der Waals surface area contributed by atoms with E-state index >= 15 is 0 Å². The molecule has 6 heteroatoms. The Bertz CT molecular complexity index is 923. The quantitative estimate of drug-likeness (QED) is 0.699. The Morgan fingerprint density at radius 1 is 1.08 bits per heavy atom. The number of halogens is 1. The summed E-state index contributed by atoms with van der Waals surface area (Å²) in [6, 6.07) is 17.5. The van der Waals surface area contributed by atoms with Crippen LogP contribution in [-0.2, 0) is 16.9 Å². The van der Waals surface area contributed by atoms with E-state index in [4.69, 9.17) is 20.9 Å². The highest BCUT2D eigenvalue weighted by Crippen LogP contribution is 2.35. The lowest BCUT2D eigenvalue weighted by molar-refractivity contribution is -0.0285. The molecule has 0 fully saturated rings. The van der Waals surface area contributed by atoms with Gasteiger partial charge in [-0.05, 0) is 24.6 Å². The van der Waals surface area contributed by atoms with Crippen LogP contribution in [0.2, 0.25) is 5.02 Å².